The van der Waals surface area contributed by atoms with Crippen LogP contribution in [0.4, 0.5) is 0 Å². The molecule has 1 aliphatic heterocycles. The van der Waals surface area contributed by atoms with E-state index in [0.717, 1.165) is 32.2 Å². The Balaban J connectivity index is 2.24. The Morgan fingerprint density at radius 1 is 1.53 bits per heavy atom. The summed E-state index contributed by atoms with van der Waals surface area (Å²) in [6.45, 7) is 3.19. The van der Waals surface area contributed by atoms with Gasteiger partial charge in [-0.25, -0.2) is 8.42 Å². The second kappa shape index (κ2) is 6.02. The third kappa shape index (κ3) is 2.98. The van der Waals surface area contributed by atoms with E-state index < -0.39 is 10.0 Å². The number of aryl methyl sites for hydroxylation is 1. The summed E-state index contributed by atoms with van der Waals surface area (Å²) in [5.41, 5.74) is 0.609. The van der Waals surface area contributed by atoms with Crippen molar-refractivity contribution in [3.05, 3.63) is 11.9 Å². The standard InChI is InChI=1S/C12H22N4O2S/c1-10-12(9-14-15-10)19(17,18)16-8-4-3-5-11(16)6-7-13-2/h9,11,13H,3-8H2,1-2H3,(H,14,15). The number of hydrogen-bond acceptors (Lipinski definition) is 4. The molecule has 1 fully saturated rings. The number of piperidine rings is 1. The van der Waals surface area contributed by atoms with Crippen LogP contribution in [0.2, 0.25) is 0 Å². The number of H-pyrrole nitrogens is 1. The van der Waals surface area contributed by atoms with Gasteiger partial charge in [-0.2, -0.15) is 9.40 Å². The summed E-state index contributed by atoms with van der Waals surface area (Å²) >= 11 is 0. The van der Waals surface area contributed by atoms with E-state index in [0.29, 0.717) is 17.1 Å². The van der Waals surface area contributed by atoms with Gasteiger partial charge in [0.1, 0.15) is 4.90 Å². The molecule has 0 aliphatic carbocycles. The SMILES string of the molecule is CNCCC1CCCCN1S(=O)(=O)c1cn[nH]c1C. The van der Waals surface area contributed by atoms with Crippen molar-refractivity contribution < 1.29 is 8.42 Å². The lowest BCUT2D eigenvalue weighted by atomic mass is 10.0. The molecule has 2 rings (SSSR count). The summed E-state index contributed by atoms with van der Waals surface area (Å²) < 4.78 is 27.0. The lowest BCUT2D eigenvalue weighted by Gasteiger charge is -2.34. The van der Waals surface area contributed by atoms with E-state index >= 15 is 0 Å². The molecule has 6 nitrogen and oxygen atoms in total. The number of rotatable bonds is 5. The molecule has 0 spiro atoms. The maximum atomic E-state index is 12.7. The highest BCUT2D eigenvalue weighted by molar-refractivity contribution is 7.89. The van der Waals surface area contributed by atoms with Gasteiger partial charge >= 0.3 is 0 Å². The molecule has 1 atom stereocenters. The average molecular weight is 286 g/mol. The number of aromatic amines is 1. The fraction of sp³-hybridized carbons (Fsp3) is 0.750. The zero-order chi connectivity index (χ0) is 13.9. The van der Waals surface area contributed by atoms with E-state index in [4.69, 9.17) is 0 Å². The summed E-state index contributed by atoms with van der Waals surface area (Å²) in [5.74, 6) is 0. The largest absolute Gasteiger partial charge is 0.320 e. The van der Waals surface area contributed by atoms with Gasteiger partial charge in [0.15, 0.2) is 0 Å². The molecule has 108 valence electrons. The van der Waals surface area contributed by atoms with Crippen molar-refractivity contribution in [1.29, 1.82) is 0 Å². The van der Waals surface area contributed by atoms with E-state index in [1.807, 2.05) is 7.05 Å². The molecular weight excluding hydrogens is 264 g/mol. The first-order valence-electron chi connectivity index (χ1n) is 6.73. The topological polar surface area (TPSA) is 78.1 Å². The van der Waals surface area contributed by atoms with Gasteiger partial charge in [-0.05, 0) is 39.8 Å². The van der Waals surface area contributed by atoms with Crippen LogP contribution >= 0.6 is 0 Å². The van der Waals surface area contributed by atoms with Gasteiger partial charge in [-0.15, -0.1) is 0 Å². The van der Waals surface area contributed by atoms with E-state index in [1.54, 1.807) is 11.2 Å². The fourth-order valence-corrected chi connectivity index (χ4v) is 4.46. The summed E-state index contributed by atoms with van der Waals surface area (Å²) in [6, 6.07) is 0.0977. The van der Waals surface area contributed by atoms with E-state index in [1.165, 1.54) is 6.20 Å². The molecule has 2 heterocycles. The van der Waals surface area contributed by atoms with E-state index in [9.17, 15) is 8.42 Å². The molecule has 2 N–H and O–H groups in total. The molecule has 0 amide bonds. The van der Waals surface area contributed by atoms with Crippen molar-refractivity contribution in [3.63, 3.8) is 0 Å². The number of aromatic nitrogens is 2. The highest BCUT2D eigenvalue weighted by Gasteiger charge is 2.34. The maximum absolute atomic E-state index is 12.7. The summed E-state index contributed by atoms with van der Waals surface area (Å²) in [6.07, 6.45) is 5.25. The number of hydrogen-bond donors (Lipinski definition) is 2. The first-order chi connectivity index (χ1) is 9.07. The van der Waals surface area contributed by atoms with Crippen molar-refractivity contribution >= 4 is 10.0 Å². The second-order valence-corrected chi connectivity index (χ2v) is 6.88. The third-order valence-corrected chi connectivity index (χ3v) is 5.74. The van der Waals surface area contributed by atoms with Crippen LogP contribution in [-0.4, -0.2) is 49.1 Å². The van der Waals surface area contributed by atoms with Gasteiger partial charge in [0.2, 0.25) is 10.0 Å². The monoisotopic (exact) mass is 286 g/mol. The quantitative estimate of drug-likeness (QED) is 0.842. The molecule has 1 aromatic heterocycles. The minimum atomic E-state index is -3.42. The fourth-order valence-electron chi connectivity index (χ4n) is 2.62. The van der Waals surface area contributed by atoms with Gasteiger partial charge < -0.3 is 5.32 Å². The highest BCUT2D eigenvalue weighted by Crippen LogP contribution is 2.27. The molecule has 7 heteroatoms. The minimum Gasteiger partial charge on any atom is -0.320 e. The van der Waals surface area contributed by atoms with Crippen LogP contribution in [-0.2, 0) is 10.0 Å². The summed E-state index contributed by atoms with van der Waals surface area (Å²) in [7, 11) is -1.53. The lowest BCUT2D eigenvalue weighted by molar-refractivity contribution is 0.240. The Hall–Kier alpha value is -0.920. The maximum Gasteiger partial charge on any atom is 0.246 e. The van der Waals surface area contributed by atoms with E-state index in [-0.39, 0.29) is 6.04 Å². The van der Waals surface area contributed by atoms with Crippen LogP contribution in [0.5, 0.6) is 0 Å². The Morgan fingerprint density at radius 3 is 2.95 bits per heavy atom. The van der Waals surface area contributed by atoms with Crippen LogP contribution in [0.1, 0.15) is 31.4 Å². The predicted octanol–water partition coefficient (Wildman–Crippen LogP) is 0.871. The zero-order valence-electron chi connectivity index (χ0n) is 11.5. The Morgan fingerprint density at radius 2 is 2.32 bits per heavy atom. The Labute approximate surface area is 114 Å². The molecule has 1 unspecified atom stereocenters. The van der Waals surface area contributed by atoms with Gasteiger partial charge in [0.25, 0.3) is 0 Å². The van der Waals surface area contributed by atoms with Gasteiger partial charge in [-0.1, -0.05) is 6.42 Å². The Bertz CT molecular complexity index is 512. The molecule has 0 saturated carbocycles. The van der Waals surface area contributed by atoms with Crippen LogP contribution in [0.15, 0.2) is 11.1 Å². The number of sulfonamides is 1. The van der Waals surface area contributed by atoms with Crippen molar-refractivity contribution in [3.8, 4) is 0 Å². The third-order valence-electron chi connectivity index (χ3n) is 3.67. The molecule has 0 radical (unpaired) electrons. The summed E-state index contributed by atoms with van der Waals surface area (Å²) in [5, 5.41) is 9.62. The molecule has 0 bridgehead atoms. The van der Waals surface area contributed by atoms with Crippen molar-refractivity contribution in [2.75, 3.05) is 20.1 Å². The normalized spacial score (nSPS) is 21.7. The van der Waals surface area contributed by atoms with Gasteiger partial charge in [0.05, 0.1) is 11.9 Å². The van der Waals surface area contributed by atoms with Crippen LogP contribution < -0.4 is 5.32 Å². The molecule has 1 aliphatic rings. The van der Waals surface area contributed by atoms with Gasteiger partial charge in [-0.3, -0.25) is 5.10 Å². The average Bonchev–Trinajstić information content (AvgIpc) is 2.83. The number of nitrogens with one attached hydrogen (secondary N) is 2. The summed E-state index contributed by atoms with van der Waals surface area (Å²) in [4.78, 5) is 0.309. The first-order valence-corrected chi connectivity index (χ1v) is 8.18. The zero-order valence-corrected chi connectivity index (χ0v) is 12.3. The molecule has 1 saturated heterocycles. The molecule has 0 aromatic carbocycles. The van der Waals surface area contributed by atoms with E-state index in [2.05, 4.69) is 15.5 Å². The van der Waals surface area contributed by atoms with Crippen LogP contribution in [0.3, 0.4) is 0 Å². The predicted molar refractivity (Wildman–Crippen MR) is 73.4 cm³/mol. The second-order valence-electron chi connectivity index (χ2n) is 5.02. The number of nitrogens with zero attached hydrogens (tertiary/aromatic N) is 2. The molecule has 1 aromatic rings. The first kappa shape index (κ1) is 14.5. The smallest absolute Gasteiger partial charge is 0.246 e. The Kier molecular flexibility index (Phi) is 4.59. The van der Waals surface area contributed by atoms with Crippen LogP contribution in [0.25, 0.3) is 0 Å². The minimum absolute atomic E-state index is 0.0977. The van der Waals surface area contributed by atoms with Crippen molar-refractivity contribution in [1.82, 2.24) is 19.8 Å². The van der Waals surface area contributed by atoms with Crippen molar-refractivity contribution in [2.45, 2.75) is 43.5 Å². The highest BCUT2D eigenvalue weighted by atomic mass is 32.2. The van der Waals surface area contributed by atoms with Gasteiger partial charge in [0, 0.05) is 12.6 Å². The molecule has 19 heavy (non-hydrogen) atoms. The van der Waals surface area contributed by atoms with Crippen molar-refractivity contribution in [2.24, 2.45) is 0 Å². The molecular formula is C12H22N4O2S. The lowest BCUT2D eigenvalue weighted by Crippen LogP contribution is -2.44. The van der Waals surface area contributed by atoms with Crippen LogP contribution in [0, 0.1) is 6.92 Å².